The van der Waals surface area contributed by atoms with Gasteiger partial charge in [-0.25, -0.2) is 8.42 Å². The number of amides is 1. The number of Topliss-reactive ketones (excluding diaryl/α,β-unsaturated/α-hetero) is 1. The Morgan fingerprint density at radius 1 is 1.00 bits per heavy atom. The van der Waals surface area contributed by atoms with Crippen molar-refractivity contribution in [2.24, 2.45) is 0 Å². The van der Waals surface area contributed by atoms with E-state index in [1.54, 1.807) is 17.0 Å². The smallest absolute Gasteiger partial charge is 0.265 e. The molecule has 0 spiro atoms. The standard InChI is InChI=1S/C21H19ClN2O4S2/c1-14(25)15-5-4-6-16(13-15)30(27,28)24-11-9-23(10-12-24)21(26)20-19(22)17-7-2-3-8-18(17)29-20/h2-8,13H,9-12H2,1H3. The second-order valence-corrected chi connectivity index (χ2v) is 10.4. The molecule has 1 amide bonds. The largest absolute Gasteiger partial charge is 0.335 e. The molecule has 30 heavy (non-hydrogen) atoms. The van der Waals surface area contributed by atoms with Crippen molar-refractivity contribution in [2.75, 3.05) is 26.2 Å². The van der Waals surface area contributed by atoms with Gasteiger partial charge in [0.2, 0.25) is 10.0 Å². The van der Waals surface area contributed by atoms with Gasteiger partial charge in [0.25, 0.3) is 5.91 Å². The van der Waals surface area contributed by atoms with Crippen LogP contribution in [0, 0.1) is 0 Å². The van der Waals surface area contributed by atoms with E-state index in [4.69, 9.17) is 11.6 Å². The molecule has 2 aromatic carbocycles. The van der Waals surface area contributed by atoms with Crippen LogP contribution in [0.25, 0.3) is 10.1 Å². The Hall–Kier alpha value is -2.26. The number of thiophene rings is 1. The Balaban J connectivity index is 1.50. The SMILES string of the molecule is CC(=O)c1cccc(S(=O)(=O)N2CCN(C(=O)c3sc4ccccc4c3Cl)CC2)c1. The summed E-state index contributed by atoms with van der Waals surface area (Å²) in [6, 6.07) is 13.6. The van der Waals surface area contributed by atoms with Crippen LogP contribution in [-0.4, -0.2) is 55.5 Å². The van der Waals surface area contributed by atoms with Crippen LogP contribution in [0.3, 0.4) is 0 Å². The molecule has 0 bridgehead atoms. The average molecular weight is 463 g/mol. The number of sulfonamides is 1. The first-order valence-corrected chi connectivity index (χ1v) is 12.0. The topological polar surface area (TPSA) is 74.8 Å². The van der Waals surface area contributed by atoms with Crippen LogP contribution in [0.4, 0.5) is 0 Å². The predicted octanol–water partition coefficient (Wildman–Crippen LogP) is 3.90. The van der Waals surface area contributed by atoms with Crippen LogP contribution in [0.15, 0.2) is 53.4 Å². The van der Waals surface area contributed by atoms with E-state index in [9.17, 15) is 18.0 Å². The van der Waals surface area contributed by atoms with Crippen molar-refractivity contribution in [1.82, 2.24) is 9.21 Å². The number of fused-ring (bicyclic) bond motifs is 1. The van der Waals surface area contributed by atoms with E-state index in [1.165, 1.54) is 34.7 Å². The lowest BCUT2D eigenvalue weighted by atomic mass is 10.2. The Kier molecular flexibility index (Phi) is 5.67. The van der Waals surface area contributed by atoms with E-state index in [0.717, 1.165) is 10.1 Å². The molecule has 1 fully saturated rings. The summed E-state index contributed by atoms with van der Waals surface area (Å²) in [6.07, 6.45) is 0. The van der Waals surface area contributed by atoms with Gasteiger partial charge in [-0.05, 0) is 25.1 Å². The third kappa shape index (κ3) is 3.76. The normalized spacial score (nSPS) is 15.5. The number of hydrogen-bond acceptors (Lipinski definition) is 5. The van der Waals surface area contributed by atoms with Crippen molar-refractivity contribution >= 4 is 54.7 Å². The molecule has 4 rings (SSSR count). The quantitative estimate of drug-likeness (QED) is 0.551. The van der Waals surface area contributed by atoms with Crippen molar-refractivity contribution in [1.29, 1.82) is 0 Å². The summed E-state index contributed by atoms with van der Waals surface area (Å²) in [4.78, 5) is 26.8. The van der Waals surface area contributed by atoms with Crippen molar-refractivity contribution in [3.63, 3.8) is 0 Å². The minimum atomic E-state index is -3.74. The van der Waals surface area contributed by atoms with Crippen molar-refractivity contribution < 1.29 is 18.0 Å². The molecule has 6 nitrogen and oxygen atoms in total. The molecular weight excluding hydrogens is 444 g/mol. The average Bonchev–Trinajstić information content (AvgIpc) is 3.10. The third-order valence-corrected chi connectivity index (χ3v) is 8.69. The van der Waals surface area contributed by atoms with Gasteiger partial charge in [-0.3, -0.25) is 9.59 Å². The maximum Gasteiger partial charge on any atom is 0.265 e. The summed E-state index contributed by atoms with van der Waals surface area (Å²) in [5.41, 5.74) is 0.351. The van der Waals surface area contributed by atoms with Gasteiger partial charge in [0.1, 0.15) is 4.88 Å². The first-order valence-electron chi connectivity index (χ1n) is 9.36. The molecule has 2 heterocycles. The molecule has 0 N–H and O–H groups in total. The molecular formula is C21H19ClN2O4S2. The molecule has 0 unspecified atom stereocenters. The van der Waals surface area contributed by atoms with Crippen molar-refractivity contribution in [3.8, 4) is 0 Å². The summed E-state index contributed by atoms with van der Waals surface area (Å²) < 4.78 is 28.2. The fourth-order valence-electron chi connectivity index (χ4n) is 3.45. The Bertz CT molecular complexity index is 1240. The van der Waals surface area contributed by atoms with Gasteiger partial charge in [-0.2, -0.15) is 4.31 Å². The van der Waals surface area contributed by atoms with Crippen molar-refractivity contribution in [3.05, 3.63) is 64.0 Å². The van der Waals surface area contributed by atoms with Gasteiger partial charge in [0.05, 0.1) is 9.92 Å². The van der Waals surface area contributed by atoms with Crippen LogP contribution in [0.2, 0.25) is 5.02 Å². The highest BCUT2D eigenvalue weighted by Gasteiger charge is 2.32. The first-order chi connectivity index (χ1) is 14.3. The molecule has 1 aliphatic rings. The monoisotopic (exact) mass is 462 g/mol. The van der Waals surface area contributed by atoms with Crippen LogP contribution in [0.1, 0.15) is 27.0 Å². The number of piperazine rings is 1. The molecule has 1 saturated heterocycles. The zero-order valence-corrected chi connectivity index (χ0v) is 18.6. The van der Waals surface area contributed by atoms with Crippen LogP contribution in [-0.2, 0) is 10.0 Å². The van der Waals surface area contributed by atoms with Crippen LogP contribution < -0.4 is 0 Å². The second kappa shape index (κ2) is 8.11. The molecule has 0 saturated carbocycles. The van der Waals surface area contributed by atoms with Crippen molar-refractivity contribution in [2.45, 2.75) is 11.8 Å². The minimum Gasteiger partial charge on any atom is -0.335 e. The minimum absolute atomic E-state index is 0.0857. The highest BCUT2D eigenvalue weighted by atomic mass is 35.5. The number of halogens is 1. The van der Waals surface area contributed by atoms with Crippen LogP contribution in [0.5, 0.6) is 0 Å². The van der Waals surface area contributed by atoms with Gasteiger partial charge in [0, 0.05) is 41.8 Å². The van der Waals surface area contributed by atoms with E-state index in [0.29, 0.717) is 15.5 Å². The summed E-state index contributed by atoms with van der Waals surface area (Å²) in [5.74, 6) is -0.375. The summed E-state index contributed by atoms with van der Waals surface area (Å²) >= 11 is 7.77. The lowest BCUT2D eigenvalue weighted by Gasteiger charge is -2.33. The lowest BCUT2D eigenvalue weighted by molar-refractivity contribution is 0.0703. The first kappa shape index (κ1) is 21.0. The van der Waals surface area contributed by atoms with E-state index in [1.807, 2.05) is 24.3 Å². The number of carbonyl (C=O) groups excluding carboxylic acids is 2. The fraction of sp³-hybridized carbons (Fsp3) is 0.238. The number of nitrogens with zero attached hydrogens (tertiary/aromatic N) is 2. The van der Waals surface area contributed by atoms with E-state index < -0.39 is 10.0 Å². The molecule has 156 valence electrons. The van der Waals surface area contributed by atoms with Crippen LogP contribution >= 0.6 is 22.9 Å². The molecule has 3 aromatic rings. The van der Waals surface area contributed by atoms with Gasteiger partial charge in [-0.15, -0.1) is 11.3 Å². The van der Waals surface area contributed by atoms with Gasteiger partial charge < -0.3 is 4.90 Å². The zero-order valence-electron chi connectivity index (χ0n) is 16.2. The Morgan fingerprint density at radius 3 is 2.37 bits per heavy atom. The molecule has 0 aliphatic carbocycles. The van der Waals surface area contributed by atoms with Gasteiger partial charge in [0.15, 0.2) is 5.78 Å². The van der Waals surface area contributed by atoms with Gasteiger partial charge >= 0.3 is 0 Å². The highest BCUT2D eigenvalue weighted by Crippen LogP contribution is 2.36. The third-order valence-electron chi connectivity index (χ3n) is 5.13. The summed E-state index contributed by atoms with van der Waals surface area (Å²) in [5, 5.41) is 1.29. The number of benzene rings is 2. The predicted molar refractivity (Wildman–Crippen MR) is 118 cm³/mol. The summed E-state index contributed by atoms with van der Waals surface area (Å²) in [6.45, 7) is 2.31. The van der Waals surface area contributed by atoms with E-state index in [-0.39, 0.29) is 42.8 Å². The lowest BCUT2D eigenvalue weighted by Crippen LogP contribution is -2.50. The molecule has 1 aliphatic heterocycles. The second-order valence-electron chi connectivity index (χ2n) is 7.02. The number of rotatable bonds is 4. The Morgan fingerprint density at radius 2 is 1.70 bits per heavy atom. The maximum atomic E-state index is 13.0. The molecule has 0 atom stereocenters. The maximum absolute atomic E-state index is 13.0. The Labute approximate surface area is 183 Å². The zero-order chi connectivity index (χ0) is 21.5. The fourth-order valence-corrected chi connectivity index (χ4v) is 6.40. The van der Waals surface area contributed by atoms with E-state index in [2.05, 4.69) is 0 Å². The highest BCUT2D eigenvalue weighted by molar-refractivity contribution is 7.89. The molecule has 0 radical (unpaired) electrons. The summed E-state index contributed by atoms with van der Waals surface area (Å²) in [7, 11) is -3.74. The molecule has 9 heteroatoms. The number of ketones is 1. The molecule has 1 aromatic heterocycles. The van der Waals surface area contributed by atoms with Gasteiger partial charge in [-0.1, -0.05) is 41.9 Å². The van der Waals surface area contributed by atoms with E-state index >= 15 is 0 Å². The number of hydrogen-bond donors (Lipinski definition) is 0. The number of carbonyl (C=O) groups is 2.